The normalized spacial score (nSPS) is 22.6. The van der Waals surface area contributed by atoms with Gasteiger partial charge in [-0.05, 0) is 64.1 Å². The van der Waals surface area contributed by atoms with Crippen molar-refractivity contribution in [3.8, 4) is 5.88 Å². The molecular formula is C23H31N7O2S. The van der Waals surface area contributed by atoms with Crippen molar-refractivity contribution in [1.82, 2.24) is 24.6 Å². The molecular weight excluding hydrogens is 438 g/mol. The fraction of sp³-hybridized carbons (Fsp3) is 0.565. The highest BCUT2D eigenvalue weighted by atomic mass is 32.1. The van der Waals surface area contributed by atoms with Crippen LogP contribution in [-0.2, 0) is 18.3 Å². The topological polar surface area (TPSA) is 111 Å². The second-order valence-electron chi connectivity index (χ2n) is 9.42. The molecule has 176 valence electrons. The van der Waals surface area contributed by atoms with Crippen LogP contribution in [0.2, 0.25) is 0 Å². The molecule has 2 aliphatic rings. The fourth-order valence-electron chi connectivity index (χ4n) is 5.14. The van der Waals surface area contributed by atoms with Crippen molar-refractivity contribution in [3.05, 3.63) is 22.8 Å². The van der Waals surface area contributed by atoms with Crippen LogP contribution in [0.5, 0.6) is 5.88 Å². The van der Waals surface area contributed by atoms with Crippen LogP contribution in [0.15, 0.2) is 12.4 Å². The maximum Gasteiger partial charge on any atom is 0.232 e. The van der Waals surface area contributed by atoms with E-state index in [0.29, 0.717) is 24.3 Å². The molecule has 3 N–H and O–H groups in total. The predicted octanol–water partition coefficient (Wildman–Crippen LogP) is 3.33. The molecule has 5 rings (SSSR count). The van der Waals surface area contributed by atoms with Gasteiger partial charge in [0.15, 0.2) is 0 Å². The van der Waals surface area contributed by atoms with Crippen LogP contribution in [0, 0.1) is 0 Å². The zero-order chi connectivity index (χ0) is 23.1. The molecule has 0 unspecified atom stereocenters. The molecule has 9 nitrogen and oxygen atoms in total. The number of primary amides is 1. The highest BCUT2D eigenvalue weighted by molar-refractivity contribution is 7.19. The standard InChI is InChI=1S/C23H31N7O2S/c1-29(2)15-5-7-16(8-6-15)32-21-20-19-13(10-18(24)31)4-9-17(19)33-22(20)28-23(27-21)26-14-11-25-30(3)12-14/h11-13,15-16H,4-10H2,1-3H3,(H2,24,31)(H,26,27,28)/t13-,15?,16?/m0/s1. The summed E-state index contributed by atoms with van der Waals surface area (Å²) in [5, 5.41) is 8.44. The van der Waals surface area contributed by atoms with E-state index in [2.05, 4.69) is 29.4 Å². The monoisotopic (exact) mass is 469 g/mol. The Hall–Kier alpha value is -2.72. The molecule has 0 aromatic carbocycles. The van der Waals surface area contributed by atoms with E-state index in [-0.39, 0.29) is 17.9 Å². The SMILES string of the molecule is CN(C)C1CCC(Oc2nc(Nc3cnn(C)c3)nc3sc4c(c23)[C@H](CC(N)=O)CC4)CC1. The fourth-order valence-corrected chi connectivity index (χ4v) is 6.41. The average molecular weight is 470 g/mol. The molecule has 2 aliphatic carbocycles. The van der Waals surface area contributed by atoms with E-state index >= 15 is 0 Å². The number of nitrogens with zero attached hydrogens (tertiary/aromatic N) is 5. The maximum atomic E-state index is 11.7. The minimum absolute atomic E-state index is 0.110. The Kier molecular flexibility index (Phi) is 5.96. The minimum atomic E-state index is -0.271. The Balaban J connectivity index is 1.50. The first-order valence-electron chi connectivity index (χ1n) is 11.6. The smallest absolute Gasteiger partial charge is 0.232 e. The van der Waals surface area contributed by atoms with Crippen LogP contribution in [0.4, 0.5) is 11.6 Å². The lowest BCUT2D eigenvalue weighted by atomic mass is 9.92. The molecule has 0 radical (unpaired) electrons. The molecule has 3 heterocycles. The number of aromatic nitrogens is 4. The molecule has 1 fully saturated rings. The molecule has 1 saturated carbocycles. The van der Waals surface area contributed by atoms with E-state index in [1.165, 1.54) is 10.4 Å². The predicted molar refractivity (Wildman–Crippen MR) is 129 cm³/mol. The van der Waals surface area contributed by atoms with Crippen LogP contribution < -0.4 is 15.8 Å². The number of anilines is 2. The second-order valence-corrected chi connectivity index (χ2v) is 10.5. The van der Waals surface area contributed by atoms with Gasteiger partial charge >= 0.3 is 0 Å². The summed E-state index contributed by atoms with van der Waals surface area (Å²) in [5.74, 6) is 0.957. The molecule has 33 heavy (non-hydrogen) atoms. The van der Waals surface area contributed by atoms with Crippen molar-refractivity contribution in [2.24, 2.45) is 12.8 Å². The van der Waals surface area contributed by atoms with Gasteiger partial charge in [0, 0.05) is 30.6 Å². The lowest BCUT2D eigenvalue weighted by Crippen LogP contribution is -2.35. The summed E-state index contributed by atoms with van der Waals surface area (Å²) in [6.45, 7) is 0. The van der Waals surface area contributed by atoms with E-state index in [4.69, 9.17) is 20.4 Å². The molecule has 3 aromatic rings. The molecule has 0 spiro atoms. The first-order valence-corrected chi connectivity index (χ1v) is 12.4. The van der Waals surface area contributed by atoms with Gasteiger partial charge in [0.05, 0.1) is 17.3 Å². The number of carbonyl (C=O) groups excluding carboxylic acids is 1. The Labute approximate surface area is 197 Å². The summed E-state index contributed by atoms with van der Waals surface area (Å²) in [6.07, 6.45) is 10.2. The van der Waals surface area contributed by atoms with E-state index in [9.17, 15) is 4.79 Å². The minimum Gasteiger partial charge on any atom is -0.474 e. The van der Waals surface area contributed by atoms with Crippen LogP contribution in [0.3, 0.4) is 0 Å². The number of thiophene rings is 1. The van der Waals surface area contributed by atoms with E-state index in [0.717, 1.165) is 54.4 Å². The van der Waals surface area contributed by atoms with E-state index < -0.39 is 0 Å². The number of hydrogen-bond donors (Lipinski definition) is 2. The molecule has 3 aromatic heterocycles. The number of fused-ring (bicyclic) bond motifs is 3. The van der Waals surface area contributed by atoms with E-state index in [1.807, 2.05) is 13.2 Å². The number of rotatable bonds is 7. The first kappa shape index (κ1) is 22.1. The van der Waals surface area contributed by atoms with Gasteiger partial charge in [0.2, 0.25) is 17.7 Å². The van der Waals surface area contributed by atoms with Crippen LogP contribution in [0.25, 0.3) is 10.2 Å². The molecule has 1 atom stereocenters. The zero-order valence-corrected chi connectivity index (χ0v) is 20.2. The molecule has 10 heteroatoms. The number of nitrogens with one attached hydrogen (secondary N) is 1. The summed E-state index contributed by atoms with van der Waals surface area (Å²) in [6, 6.07) is 0.600. The van der Waals surface area contributed by atoms with Crippen molar-refractivity contribution < 1.29 is 9.53 Å². The summed E-state index contributed by atoms with van der Waals surface area (Å²) in [5.41, 5.74) is 7.55. The van der Waals surface area contributed by atoms with Gasteiger partial charge in [-0.1, -0.05) is 0 Å². The van der Waals surface area contributed by atoms with Crippen LogP contribution in [-0.4, -0.2) is 56.8 Å². The highest BCUT2D eigenvalue weighted by Crippen LogP contribution is 2.48. The van der Waals surface area contributed by atoms with Crippen molar-refractivity contribution in [1.29, 1.82) is 0 Å². The van der Waals surface area contributed by atoms with Gasteiger partial charge in [-0.2, -0.15) is 10.1 Å². The van der Waals surface area contributed by atoms with Crippen molar-refractivity contribution in [2.75, 3.05) is 19.4 Å². The third-order valence-electron chi connectivity index (χ3n) is 6.82. The van der Waals surface area contributed by atoms with Gasteiger partial charge in [-0.25, -0.2) is 4.98 Å². The third-order valence-corrected chi connectivity index (χ3v) is 7.98. The quantitative estimate of drug-likeness (QED) is 0.546. The Morgan fingerprint density at radius 3 is 2.73 bits per heavy atom. The highest BCUT2D eigenvalue weighted by Gasteiger charge is 2.33. The molecule has 0 aliphatic heterocycles. The maximum absolute atomic E-state index is 11.7. The zero-order valence-electron chi connectivity index (χ0n) is 19.4. The van der Waals surface area contributed by atoms with Crippen molar-refractivity contribution in [3.63, 3.8) is 0 Å². The lowest BCUT2D eigenvalue weighted by molar-refractivity contribution is -0.118. The van der Waals surface area contributed by atoms with Gasteiger partial charge in [-0.3, -0.25) is 9.48 Å². The van der Waals surface area contributed by atoms with Crippen LogP contribution in [0.1, 0.15) is 54.9 Å². The summed E-state index contributed by atoms with van der Waals surface area (Å²) < 4.78 is 8.31. The van der Waals surface area contributed by atoms with Crippen LogP contribution >= 0.6 is 11.3 Å². The molecule has 1 amide bonds. The number of ether oxygens (including phenoxy) is 1. The second kappa shape index (κ2) is 8.90. The van der Waals surface area contributed by atoms with Gasteiger partial charge in [-0.15, -0.1) is 11.3 Å². The summed E-state index contributed by atoms with van der Waals surface area (Å²) in [4.78, 5) is 25.8. The first-order chi connectivity index (χ1) is 15.9. The van der Waals surface area contributed by atoms with Gasteiger partial charge in [0.25, 0.3) is 0 Å². The Morgan fingerprint density at radius 1 is 1.27 bits per heavy atom. The number of carbonyl (C=O) groups is 1. The molecule has 0 bridgehead atoms. The Bertz CT molecular complexity index is 1160. The van der Waals surface area contributed by atoms with Gasteiger partial charge in [0.1, 0.15) is 10.9 Å². The summed E-state index contributed by atoms with van der Waals surface area (Å²) >= 11 is 1.68. The number of amides is 1. The third kappa shape index (κ3) is 4.54. The number of aryl methyl sites for hydroxylation is 2. The molecule has 0 saturated heterocycles. The Morgan fingerprint density at radius 2 is 2.06 bits per heavy atom. The van der Waals surface area contributed by atoms with Crippen molar-refractivity contribution >= 4 is 39.1 Å². The van der Waals surface area contributed by atoms with E-state index in [1.54, 1.807) is 22.2 Å². The summed E-state index contributed by atoms with van der Waals surface area (Å²) in [7, 11) is 6.16. The average Bonchev–Trinajstić information content (AvgIpc) is 3.44. The number of hydrogen-bond acceptors (Lipinski definition) is 8. The number of nitrogens with two attached hydrogens (primary N) is 1. The lowest BCUT2D eigenvalue weighted by Gasteiger charge is -2.32. The van der Waals surface area contributed by atoms with Gasteiger partial charge < -0.3 is 20.7 Å². The largest absolute Gasteiger partial charge is 0.474 e. The van der Waals surface area contributed by atoms with Crippen molar-refractivity contribution in [2.45, 2.75) is 63.0 Å².